The molecule has 6 aromatic rings. The second-order valence-corrected chi connectivity index (χ2v) is 16.1. The number of fused-ring (bicyclic) bond motifs is 2. The number of para-hydroxylation sites is 2. The largest absolute Gasteiger partial charge is 0.337 e. The summed E-state index contributed by atoms with van der Waals surface area (Å²) in [6.45, 7) is 5.69. The predicted molar refractivity (Wildman–Crippen MR) is 217 cm³/mol. The van der Waals surface area contributed by atoms with Crippen LogP contribution in [-0.2, 0) is 6.54 Å². The number of ketones is 1. The number of H-pyrrole nitrogens is 1. The molecule has 10 nitrogen and oxygen atoms in total. The van der Waals surface area contributed by atoms with E-state index in [2.05, 4.69) is 49.0 Å². The summed E-state index contributed by atoms with van der Waals surface area (Å²) in [5.74, 6) is -0.231. The van der Waals surface area contributed by atoms with Gasteiger partial charge in [-0.1, -0.05) is 55.0 Å². The summed E-state index contributed by atoms with van der Waals surface area (Å²) in [7, 11) is 0. The number of pyridine rings is 1. The fourth-order valence-electron chi connectivity index (χ4n) is 9.40. The number of benzene rings is 3. The number of hydrogen-bond donors (Lipinski definition) is 1. The Bertz CT molecular complexity index is 2450. The second kappa shape index (κ2) is 15.7. The van der Waals surface area contributed by atoms with Gasteiger partial charge in [0.05, 0.1) is 28.3 Å². The van der Waals surface area contributed by atoms with Crippen molar-refractivity contribution in [1.82, 2.24) is 33.9 Å². The number of carbonyl (C=O) groups is 1. The number of hydrogen-bond acceptors (Lipinski definition) is 7. The monoisotopic (exact) mass is 753 g/mol. The van der Waals surface area contributed by atoms with E-state index in [-0.39, 0.29) is 22.7 Å². The molecule has 0 spiro atoms. The van der Waals surface area contributed by atoms with Gasteiger partial charge in [0.25, 0.3) is 5.56 Å². The molecular weight excluding hydrogens is 706 g/mol. The quantitative estimate of drug-likeness (QED) is 0.151. The molecule has 2 saturated heterocycles. The predicted octanol–water partition coefficient (Wildman–Crippen LogP) is 7.68. The molecule has 9 rings (SSSR count). The topological polar surface area (TPSA) is 109 Å². The van der Waals surface area contributed by atoms with Crippen LogP contribution in [0.4, 0.5) is 4.39 Å². The van der Waals surface area contributed by atoms with Crippen LogP contribution in [0.5, 0.6) is 0 Å². The summed E-state index contributed by atoms with van der Waals surface area (Å²) >= 11 is 0. The first-order chi connectivity index (χ1) is 27.4. The van der Waals surface area contributed by atoms with Crippen molar-refractivity contribution in [2.45, 2.75) is 82.8 Å². The highest BCUT2D eigenvalue weighted by molar-refractivity contribution is 5.95. The van der Waals surface area contributed by atoms with Gasteiger partial charge in [0, 0.05) is 25.0 Å². The molecule has 0 atom stereocenters. The molecule has 3 fully saturated rings. The Morgan fingerprint density at radius 2 is 1.55 bits per heavy atom. The van der Waals surface area contributed by atoms with Crippen LogP contribution < -0.4 is 11.2 Å². The molecule has 0 bridgehead atoms. The number of likely N-dealkylation sites (tertiary alicyclic amines) is 2. The molecule has 11 heteroatoms. The minimum absolute atomic E-state index is 0.0470. The van der Waals surface area contributed by atoms with Crippen molar-refractivity contribution >= 4 is 27.9 Å². The third-order valence-corrected chi connectivity index (χ3v) is 12.5. The molecule has 3 aromatic heterocycles. The fourth-order valence-corrected chi connectivity index (χ4v) is 9.40. The zero-order chi connectivity index (χ0) is 38.2. The summed E-state index contributed by atoms with van der Waals surface area (Å²) in [5, 5.41) is 0.0569. The Balaban J connectivity index is 0.922. The van der Waals surface area contributed by atoms with E-state index in [1.807, 2.05) is 48.5 Å². The zero-order valence-corrected chi connectivity index (χ0v) is 31.7. The molecule has 0 amide bonds. The van der Waals surface area contributed by atoms with Crippen molar-refractivity contribution in [2.24, 2.45) is 5.92 Å². The van der Waals surface area contributed by atoms with Crippen molar-refractivity contribution in [3.05, 3.63) is 123 Å². The average Bonchev–Trinajstić information content (AvgIpc) is 3.68. The molecule has 2 aliphatic heterocycles. The van der Waals surface area contributed by atoms with Crippen molar-refractivity contribution < 1.29 is 9.18 Å². The minimum Gasteiger partial charge on any atom is -0.335 e. The van der Waals surface area contributed by atoms with E-state index in [1.165, 1.54) is 66.0 Å². The smallest absolute Gasteiger partial charge is 0.335 e. The standard InChI is InChI=1S/C45H48FN7O3/c46-34-27-38-43(47-28-34)52(45(56)53(44(38)55)36-17-13-30(14-18-36)25-41(54)42-48-39-9-2-3-10-40(39)49-42)37-8-6-7-33(26-37)32-15-11-31(12-16-32)29-50-23-19-35(20-24-50)51-21-4-1-5-22-51/h2-3,6-12,15-16,26-28,30,35-36H,1,4-5,13-14,17-25,29H2,(H,48,49). The Labute approximate surface area is 325 Å². The number of aromatic nitrogens is 5. The molecular formula is C45H48FN7O3. The third kappa shape index (κ3) is 7.37. The van der Waals surface area contributed by atoms with Crippen molar-refractivity contribution in [2.75, 3.05) is 26.2 Å². The normalized spacial score (nSPS) is 20.2. The highest BCUT2D eigenvalue weighted by Crippen LogP contribution is 2.34. The maximum Gasteiger partial charge on any atom is 0.337 e. The number of nitrogens with zero attached hydrogens (tertiary/aromatic N) is 6. The first-order valence-electron chi connectivity index (χ1n) is 20.3. The van der Waals surface area contributed by atoms with E-state index in [1.54, 1.807) is 0 Å². The third-order valence-electron chi connectivity index (χ3n) is 12.5. The van der Waals surface area contributed by atoms with Gasteiger partial charge in [-0.05, 0) is 130 Å². The van der Waals surface area contributed by atoms with Crippen LogP contribution in [0.3, 0.4) is 0 Å². The summed E-state index contributed by atoms with van der Waals surface area (Å²) in [4.78, 5) is 58.7. The number of piperidine rings is 2. The number of aromatic amines is 1. The van der Waals surface area contributed by atoms with Gasteiger partial charge < -0.3 is 9.88 Å². The lowest BCUT2D eigenvalue weighted by molar-refractivity contribution is 0.0896. The number of Topliss-reactive ketones (excluding diaryl/α,β-unsaturated/α-hetero) is 1. The van der Waals surface area contributed by atoms with Gasteiger partial charge in [0.2, 0.25) is 0 Å². The van der Waals surface area contributed by atoms with Crippen LogP contribution in [-0.4, -0.2) is 71.9 Å². The summed E-state index contributed by atoms with van der Waals surface area (Å²) in [5.41, 5.74) is 4.42. The van der Waals surface area contributed by atoms with Crippen LogP contribution in [0, 0.1) is 11.7 Å². The van der Waals surface area contributed by atoms with Crippen LogP contribution >= 0.6 is 0 Å². The number of imidazole rings is 1. The van der Waals surface area contributed by atoms with E-state index < -0.39 is 23.1 Å². The molecule has 0 unspecified atom stereocenters. The van der Waals surface area contributed by atoms with E-state index in [0.29, 0.717) is 43.6 Å². The lowest BCUT2D eigenvalue weighted by Gasteiger charge is -2.40. The average molecular weight is 754 g/mol. The molecule has 1 saturated carbocycles. The molecule has 0 radical (unpaired) electrons. The van der Waals surface area contributed by atoms with Crippen molar-refractivity contribution in [1.29, 1.82) is 0 Å². The molecule has 56 heavy (non-hydrogen) atoms. The highest BCUT2D eigenvalue weighted by atomic mass is 19.1. The summed E-state index contributed by atoms with van der Waals surface area (Å²) in [6, 6.07) is 25.4. The van der Waals surface area contributed by atoms with E-state index >= 15 is 0 Å². The maximum atomic E-state index is 14.6. The minimum atomic E-state index is -0.639. The number of nitrogens with one attached hydrogen (secondary N) is 1. The summed E-state index contributed by atoms with van der Waals surface area (Å²) < 4.78 is 17.4. The number of halogens is 1. The second-order valence-electron chi connectivity index (χ2n) is 16.1. The SMILES string of the molecule is O=C(CC1CCC(n2c(=O)c3cc(F)cnc3n(-c3cccc(-c4ccc(CN5CCC(N6CCCCC6)CC5)cc4)c3)c2=O)CC1)c1nc2ccccc2[nH]1. The molecule has 288 valence electrons. The first-order valence-corrected chi connectivity index (χ1v) is 20.3. The zero-order valence-electron chi connectivity index (χ0n) is 31.7. The van der Waals surface area contributed by atoms with E-state index in [0.717, 1.165) is 54.0 Å². The highest BCUT2D eigenvalue weighted by Gasteiger charge is 2.30. The molecule has 1 aliphatic carbocycles. The van der Waals surface area contributed by atoms with Gasteiger partial charge in [-0.15, -0.1) is 0 Å². The fraction of sp³-hybridized carbons (Fsp3) is 0.400. The van der Waals surface area contributed by atoms with Crippen molar-refractivity contribution in [3.8, 4) is 16.8 Å². The van der Waals surface area contributed by atoms with Gasteiger partial charge in [0.15, 0.2) is 17.3 Å². The molecule has 3 aliphatic rings. The Morgan fingerprint density at radius 1 is 0.786 bits per heavy atom. The Morgan fingerprint density at radius 3 is 2.32 bits per heavy atom. The number of rotatable bonds is 9. The van der Waals surface area contributed by atoms with Gasteiger partial charge >= 0.3 is 5.69 Å². The maximum absolute atomic E-state index is 14.6. The van der Waals surface area contributed by atoms with Crippen LogP contribution in [0.25, 0.3) is 38.9 Å². The van der Waals surface area contributed by atoms with Gasteiger partial charge in [-0.3, -0.25) is 19.1 Å². The first kappa shape index (κ1) is 36.4. The van der Waals surface area contributed by atoms with Crippen LogP contribution in [0.15, 0.2) is 94.6 Å². The Hall–Kier alpha value is -5.26. The lowest BCUT2D eigenvalue weighted by atomic mass is 9.83. The van der Waals surface area contributed by atoms with E-state index in [4.69, 9.17) is 0 Å². The van der Waals surface area contributed by atoms with Crippen LogP contribution in [0.1, 0.15) is 86.4 Å². The van der Waals surface area contributed by atoms with Gasteiger partial charge in [-0.2, -0.15) is 0 Å². The molecule has 1 N–H and O–H groups in total. The van der Waals surface area contributed by atoms with Crippen molar-refractivity contribution in [3.63, 3.8) is 0 Å². The van der Waals surface area contributed by atoms with Crippen LogP contribution in [0.2, 0.25) is 0 Å². The molecule has 3 aromatic carbocycles. The number of carbonyl (C=O) groups excluding carboxylic acids is 1. The van der Waals surface area contributed by atoms with Gasteiger partial charge in [0.1, 0.15) is 5.82 Å². The van der Waals surface area contributed by atoms with Gasteiger partial charge in [-0.25, -0.2) is 23.7 Å². The Kier molecular flexibility index (Phi) is 10.2. The lowest BCUT2D eigenvalue weighted by Crippen LogP contribution is -2.46. The molecule has 5 heterocycles. The summed E-state index contributed by atoms with van der Waals surface area (Å²) in [6.07, 6.45) is 10.3. The van der Waals surface area contributed by atoms with E-state index in [9.17, 15) is 18.8 Å².